The number of fused-ring (bicyclic) bond motifs is 1. The van der Waals surface area contributed by atoms with Gasteiger partial charge < -0.3 is 20.3 Å². The van der Waals surface area contributed by atoms with E-state index in [0.29, 0.717) is 23.9 Å². The molecule has 0 radical (unpaired) electrons. The summed E-state index contributed by atoms with van der Waals surface area (Å²) in [5.74, 6) is 1.37. The lowest BCUT2D eigenvalue weighted by molar-refractivity contribution is -0.120. The average molecular weight is 522 g/mol. The lowest BCUT2D eigenvalue weighted by Crippen LogP contribution is -2.36. The van der Waals surface area contributed by atoms with Gasteiger partial charge in [0.2, 0.25) is 0 Å². The predicted molar refractivity (Wildman–Crippen MR) is 141 cm³/mol. The van der Waals surface area contributed by atoms with Crippen LogP contribution in [0.1, 0.15) is 61.3 Å². The van der Waals surface area contributed by atoms with Crippen LogP contribution in [0.4, 0.5) is 5.82 Å². The summed E-state index contributed by atoms with van der Waals surface area (Å²) < 4.78 is 8.79. The van der Waals surface area contributed by atoms with Crippen LogP contribution in [0.15, 0.2) is 41.5 Å². The number of carbonyl (C=O) groups is 1. The second-order valence-electron chi connectivity index (χ2n) is 10.4. The van der Waals surface area contributed by atoms with Gasteiger partial charge in [0.25, 0.3) is 11.5 Å². The van der Waals surface area contributed by atoms with Crippen molar-refractivity contribution in [3.8, 4) is 11.5 Å². The van der Waals surface area contributed by atoms with Crippen molar-refractivity contribution in [1.29, 1.82) is 0 Å². The average Bonchev–Trinajstić information content (AvgIpc) is 3.67. The number of nitrogens with zero attached hydrogens (tertiary/aromatic N) is 4. The van der Waals surface area contributed by atoms with Gasteiger partial charge in [-0.15, -0.1) is 0 Å². The van der Waals surface area contributed by atoms with E-state index < -0.39 is 17.7 Å². The number of aliphatic hydroxyl groups is 2. The highest BCUT2D eigenvalue weighted by Gasteiger charge is 2.29. The van der Waals surface area contributed by atoms with E-state index in [9.17, 15) is 14.7 Å². The Bertz CT molecular complexity index is 1340. The van der Waals surface area contributed by atoms with Crippen LogP contribution >= 0.6 is 0 Å². The molecule has 1 amide bonds. The molecule has 1 saturated carbocycles. The summed E-state index contributed by atoms with van der Waals surface area (Å²) in [6.07, 6.45) is 10.0. The summed E-state index contributed by atoms with van der Waals surface area (Å²) >= 11 is 0. The second-order valence-corrected chi connectivity index (χ2v) is 10.4. The number of ether oxygens (including phenoxy) is 1. The van der Waals surface area contributed by atoms with Crippen LogP contribution in [0.3, 0.4) is 0 Å². The summed E-state index contributed by atoms with van der Waals surface area (Å²) in [4.78, 5) is 26.6. The molecule has 0 aliphatic heterocycles. The number of aliphatic hydroxyl groups excluding tert-OH is 2. The number of aromatic nitrogens is 4. The van der Waals surface area contributed by atoms with E-state index in [1.54, 1.807) is 12.3 Å². The molecule has 202 valence electrons. The van der Waals surface area contributed by atoms with E-state index >= 15 is 0 Å². The molecule has 2 atom stereocenters. The number of amides is 1. The smallest absolute Gasteiger partial charge is 0.271 e. The number of carbonyl (C=O) groups excluding carboxylic acids is 1. The molecule has 3 aromatic rings. The molecule has 1 fully saturated rings. The molecular formula is C28H35N5O5. The predicted octanol–water partition coefficient (Wildman–Crippen LogP) is 3.14. The minimum absolute atomic E-state index is 0.102. The topological polar surface area (TPSA) is 132 Å². The van der Waals surface area contributed by atoms with Gasteiger partial charge in [-0.3, -0.25) is 14.3 Å². The third kappa shape index (κ3) is 5.81. The van der Waals surface area contributed by atoms with Crippen molar-refractivity contribution in [2.24, 2.45) is 5.92 Å². The summed E-state index contributed by atoms with van der Waals surface area (Å²) in [6, 6.07) is 6.20. The first-order valence-electron chi connectivity index (χ1n) is 13.4. The van der Waals surface area contributed by atoms with Crippen LogP contribution in [0.2, 0.25) is 0 Å². The highest BCUT2D eigenvalue weighted by Crippen LogP contribution is 2.35. The SMILES string of the molecule is Cc1ccc(Oc2cnn(C(CC3CCCC3)C(=O)Nc3ccn(CC(O)CO)n3)c(=O)c2)c2c1CCC2. The Labute approximate surface area is 221 Å². The molecule has 0 spiro atoms. The second kappa shape index (κ2) is 11.5. The lowest BCUT2D eigenvalue weighted by atomic mass is 9.98. The monoisotopic (exact) mass is 521 g/mol. The van der Waals surface area contributed by atoms with E-state index in [-0.39, 0.29) is 19.1 Å². The Morgan fingerprint density at radius 3 is 2.74 bits per heavy atom. The Kier molecular flexibility index (Phi) is 7.90. The first-order valence-corrected chi connectivity index (χ1v) is 13.4. The largest absolute Gasteiger partial charge is 0.455 e. The molecular weight excluding hydrogens is 486 g/mol. The van der Waals surface area contributed by atoms with Crippen molar-refractivity contribution in [1.82, 2.24) is 19.6 Å². The molecule has 5 rings (SSSR count). The van der Waals surface area contributed by atoms with Crippen molar-refractivity contribution in [2.75, 3.05) is 11.9 Å². The maximum absolute atomic E-state index is 13.4. The van der Waals surface area contributed by atoms with Crippen LogP contribution in [0, 0.1) is 12.8 Å². The first-order chi connectivity index (χ1) is 18.4. The summed E-state index contributed by atoms with van der Waals surface area (Å²) in [5, 5.41) is 30.1. The molecule has 2 aromatic heterocycles. The van der Waals surface area contributed by atoms with Gasteiger partial charge in [-0.25, -0.2) is 4.68 Å². The van der Waals surface area contributed by atoms with Gasteiger partial charge in [-0.1, -0.05) is 31.7 Å². The molecule has 2 aliphatic carbocycles. The molecule has 38 heavy (non-hydrogen) atoms. The maximum atomic E-state index is 13.4. The van der Waals surface area contributed by atoms with Gasteiger partial charge in [-0.05, 0) is 61.3 Å². The van der Waals surface area contributed by atoms with Crippen molar-refractivity contribution in [2.45, 2.75) is 77.0 Å². The molecule has 2 heterocycles. The van der Waals surface area contributed by atoms with Gasteiger partial charge in [0, 0.05) is 18.3 Å². The van der Waals surface area contributed by atoms with E-state index in [0.717, 1.165) is 50.7 Å². The Morgan fingerprint density at radius 2 is 1.97 bits per heavy atom. The summed E-state index contributed by atoms with van der Waals surface area (Å²) in [5.41, 5.74) is 3.37. The fourth-order valence-corrected chi connectivity index (χ4v) is 5.66. The zero-order chi connectivity index (χ0) is 26.6. The van der Waals surface area contributed by atoms with Crippen LogP contribution in [0.5, 0.6) is 11.5 Å². The molecule has 10 heteroatoms. The Balaban J connectivity index is 1.35. The van der Waals surface area contributed by atoms with E-state index in [1.807, 2.05) is 12.1 Å². The molecule has 10 nitrogen and oxygen atoms in total. The van der Waals surface area contributed by atoms with Crippen LogP contribution in [-0.2, 0) is 24.2 Å². The van der Waals surface area contributed by atoms with E-state index in [4.69, 9.17) is 9.84 Å². The third-order valence-electron chi connectivity index (χ3n) is 7.63. The molecule has 1 aromatic carbocycles. The van der Waals surface area contributed by atoms with Gasteiger partial charge in [0.15, 0.2) is 11.6 Å². The molecule has 0 bridgehead atoms. The number of benzene rings is 1. The number of hydrogen-bond donors (Lipinski definition) is 3. The number of aryl methyl sites for hydroxylation is 1. The van der Waals surface area contributed by atoms with Gasteiger partial charge in [-0.2, -0.15) is 10.2 Å². The maximum Gasteiger partial charge on any atom is 0.271 e. The Hall–Kier alpha value is -3.50. The van der Waals surface area contributed by atoms with E-state index in [2.05, 4.69) is 22.4 Å². The minimum Gasteiger partial charge on any atom is -0.455 e. The van der Waals surface area contributed by atoms with Crippen molar-refractivity contribution >= 4 is 11.7 Å². The van der Waals surface area contributed by atoms with Crippen LogP contribution in [0.25, 0.3) is 0 Å². The molecule has 3 N–H and O–H groups in total. The minimum atomic E-state index is -0.946. The van der Waals surface area contributed by atoms with E-state index in [1.165, 1.54) is 38.3 Å². The summed E-state index contributed by atoms with van der Waals surface area (Å²) in [7, 11) is 0. The van der Waals surface area contributed by atoms with Gasteiger partial charge in [0.05, 0.1) is 25.5 Å². The van der Waals surface area contributed by atoms with Crippen LogP contribution < -0.4 is 15.6 Å². The third-order valence-corrected chi connectivity index (χ3v) is 7.63. The quantitative estimate of drug-likeness (QED) is 0.373. The number of hydrogen-bond acceptors (Lipinski definition) is 7. The number of anilines is 1. The molecule has 2 unspecified atom stereocenters. The standard InChI is InChI=1S/C28H35N5O5/c1-18-9-10-25(23-8-4-7-22(18)23)38-21-14-27(36)33(29-15-21)24(13-19-5-2-3-6-19)28(37)30-26-11-12-32(31-26)16-20(35)17-34/h9-12,14-15,19-20,24,34-35H,2-8,13,16-17H2,1H3,(H,30,31,37). The van der Waals surface area contributed by atoms with Gasteiger partial charge in [0.1, 0.15) is 11.8 Å². The van der Waals surface area contributed by atoms with Crippen molar-refractivity contribution in [3.05, 3.63) is 63.7 Å². The number of nitrogens with one attached hydrogen (secondary N) is 1. The lowest BCUT2D eigenvalue weighted by Gasteiger charge is -2.21. The molecule has 2 aliphatic rings. The zero-order valence-corrected chi connectivity index (χ0v) is 21.7. The fourth-order valence-electron chi connectivity index (χ4n) is 5.66. The normalized spacial score (nSPS) is 16.8. The van der Waals surface area contributed by atoms with Crippen LogP contribution in [-0.4, -0.2) is 48.4 Å². The van der Waals surface area contributed by atoms with Crippen molar-refractivity contribution < 1.29 is 19.7 Å². The first kappa shape index (κ1) is 26.1. The fraction of sp³-hybridized carbons (Fsp3) is 0.500. The van der Waals surface area contributed by atoms with Crippen molar-refractivity contribution in [3.63, 3.8) is 0 Å². The summed E-state index contributed by atoms with van der Waals surface area (Å²) in [6.45, 7) is 1.82. The molecule has 0 saturated heterocycles. The highest BCUT2D eigenvalue weighted by molar-refractivity contribution is 5.92. The zero-order valence-electron chi connectivity index (χ0n) is 21.7. The number of rotatable bonds is 10. The highest BCUT2D eigenvalue weighted by atomic mass is 16.5. The van der Waals surface area contributed by atoms with Gasteiger partial charge >= 0.3 is 0 Å². The Morgan fingerprint density at radius 1 is 1.18 bits per heavy atom.